The topological polar surface area (TPSA) is 52.5 Å². The molecule has 0 amide bonds. The Balaban J connectivity index is 1.24. The lowest BCUT2D eigenvalue weighted by Gasteiger charge is -2.49. The van der Waals surface area contributed by atoms with Gasteiger partial charge in [0, 0.05) is 41.9 Å². The highest BCUT2D eigenvalue weighted by Crippen LogP contribution is 2.39. The zero-order chi connectivity index (χ0) is 26.4. The smallest absolute Gasteiger partial charge is 0.157 e. The summed E-state index contributed by atoms with van der Waals surface area (Å²) < 4.78 is 22.8. The van der Waals surface area contributed by atoms with E-state index in [0.717, 1.165) is 42.5 Å². The van der Waals surface area contributed by atoms with Gasteiger partial charge in [0.1, 0.15) is 18.3 Å². The first kappa shape index (κ1) is 24.9. The van der Waals surface area contributed by atoms with Gasteiger partial charge in [-0.2, -0.15) is 0 Å². The van der Waals surface area contributed by atoms with Crippen molar-refractivity contribution in [1.82, 2.24) is 15.1 Å². The molecule has 6 aliphatic rings. The average molecular weight is 526 g/mol. The molecule has 7 heteroatoms. The predicted molar refractivity (Wildman–Crippen MR) is 156 cm³/mol. The molecule has 0 saturated carbocycles. The number of piperazine rings is 1. The molecule has 39 heavy (non-hydrogen) atoms. The van der Waals surface area contributed by atoms with Crippen LogP contribution in [0.4, 0.5) is 4.39 Å². The van der Waals surface area contributed by atoms with E-state index < -0.39 is 0 Å². The Morgan fingerprint density at radius 2 is 1.79 bits per heavy atom. The summed E-state index contributed by atoms with van der Waals surface area (Å²) in [5.74, 6) is 0.361. The maximum Gasteiger partial charge on any atom is 0.157 e. The number of piperidine rings is 1. The van der Waals surface area contributed by atoms with Gasteiger partial charge in [-0.25, -0.2) is 9.38 Å². The summed E-state index contributed by atoms with van der Waals surface area (Å²) >= 11 is 0. The van der Waals surface area contributed by atoms with Crippen LogP contribution >= 0.6 is 0 Å². The number of hydrogen-bond acceptors (Lipinski definition) is 6. The number of benzene rings is 2. The Labute approximate surface area is 229 Å². The van der Waals surface area contributed by atoms with E-state index in [9.17, 15) is 0 Å². The summed E-state index contributed by atoms with van der Waals surface area (Å²) in [4.78, 5) is 14.0. The molecule has 2 aromatic carbocycles. The van der Waals surface area contributed by atoms with E-state index in [1.807, 2.05) is 42.5 Å². The van der Waals surface area contributed by atoms with E-state index in [4.69, 9.17) is 9.73 Å². The number of nitrogens with one attached hydrogen (secondary N) is 1. The van der Waals surface area contributed by atoms with Gasteiger partial charge >= 0.3 is 0 Å². The van der Waals surface area contributed by atoms with Crippen LogP contribution in [0.5, 0.6) is 0 Å². The molecule has 0 spiro atoms. The van der Waals surface area contributed by atoms with E-state index in [1.54, 1.807) is 0 Å². The second-order valence-electron chi connectivity index (χ2n) is 11.6. The number of fused-ring (bicyclic) bond motifs is 4. The summed E-state index contributed by atoms with van der Waals surface area (Å²) in [6.07, 6.45) is 9.81. The Hall–Kier alpha value is -3.13. The first-order valence-electron chi connectivity index (χ1n) is 14.3. The van der Waals surface area contributed by atoms with Crippen molar-refractivity contribution in [2.45, 2.75) is 49.7 Å². The van der Waals surface area contributed by atoms with E-state index in [2.05, 4.69) is 39.0 Å². The van der Waals surface area contributed by atoms with Crippen LogP contribution in [0.2, 0.25) is 0 Å². The van der Waals surface area contributed by atoms with Gasteiger partial charge in [0.05, 0.1) is 6.61 Å². The number of allylic oxidation sites excluding steroid dienone is 5. The predicted octanol–water partition coefficient (Wildman–Crippen LogP) is 5.09. The van der Waals surface area contributed by atoms with Crippen LogP contribution in [0.3, 0.4) is 0 Å². The van der Waals surface area contributed by atoms with Crippen molar-refractivity contribution in [1.29, 1.82) is 0 Å². The Morgan fingerprint density at radius 3 is 2.56 bits per heavy atom. The minimum Gasteiger partial charge on any atom is -0.357 e. The molecular formula is C32H36FN5O. The molecule has 0 aromatic heterocycles. The van der Waals surface area contributed by atoms with Gasteiger partial charge in [-0.05, 0) is 74.3 Å². The summed E-state index contributed by atoms with van der Waals surface area (Å²) in [5, 5.41) is 5.66. The second-order valence-corrected chi connectivity index (χ2v) is 11.6. The largest absolute Gasteiger partial charge is 0.357 e. The van der Waals surface area contributed by atoms with Gasteiger partial charge in [-0.1, -0.05) is 48.5 Å². The number of ether oxygens (including phenoxy) is 1. The fourth-order valence-corrected chi connectivity index (χ4v) is 7.42. The van der Waals surface area contributed by atoms with Crippen LogP contribution in [-0.2, 0) is 4.74 Å². The van der Waals surface area contributed by atoms with Crippen LogP contribution in [0.25, 0.3) is 16.3 Å². The van der Waals surface area contributed by atoms with E-state index >= 15 is 4.39 Å². The molecule has 5 fully saturated rings. The van der Waals surface area contributed by atoms with Gasteiger partial charge in [-0.3, -0.25) is 9.89 Å². The van der Waals surface area contributed by atoms with E-state index in [-0.39, 0.29) is 18.1 Å². The van der Waals surface area contributed by atoms with Crippen molar-refractivity contribution in [2.24, 2.45) is 9.98 Å². The summed E-state index contributed by atoms with van der Waals surface area (Å²) in [6.45, 7) is 8.63. The molecule has 0 radical (unpaired) electrons. The molecule has 5 aliphatic heterocycles. The van der Waals surface area contributed by atoms with E-state index in [0.29, 0.717) is 41.4 Å². The van der Waals surface area contributed by atoms with Crippen LogP contribution in [0.15, 0.2) is 81.8 Å². The first-order chi connectivity index (χ1) is 19.1. The SMILES string of the molecule is C=N/C(=C1/C=CC(c2cccc3ccccc23)=C(F)/C1=N/COCC12CCCN1CCC2)N1CC2CC(C1)N2. The molecule has 5 saturated heterocycles. The van der Waals surface area contributed by atoms with Gasteiger partial charge in [0.25, 0.3) is 0 Å². The molecule has 1 N–H and O–H groups in total. The molecule has 6 nitrogen and oxygen atoms in total. The fraction of sp³-hybridized carbons (Fsp3) is 0.438. The number of aliphatic imine (C=N–C) groups is 2. The normalized spacial score (nSPS) is 28.2. The van der Waals surface area contributed by atoms with Crippen LogP contribution in [0.1, 0.15) is 37.7 Å². The van der Waals surface area contributed by atoms with Gasteiger partial charge < -0.3 is 15.0 Å². The third-order valence-corrected chi connectivity index (χ3v) is 9.30. The molecule has 202 valence electrons. The second kappa shape index (κ2) is 10.1. The molecule has 8 rings (SSSR count). The van der Waals surface area contributed by atoms with E-state index in [1.165, 1.54) is 32.1 Å². The minimum absolute atomic E-state index is 0.121. The highest BCUT2D eigenvalue weighted by atomic mass is 19.1. The Morgan fingerprint density at radius 1 is 1.05 bits per heavy atom. The van der Waals surface area contributed by atoms with Gasteiger partial charge in [0.2, 0.25) is 0 Å². The van der Waals surface area contributed by atoms with Crippen molar-refractivity contribution in [3.05, 3.63) is 77.4 Å². The Kier molecular flexibility index (Phi) is 6.46. The number of rotatable bonds is 7. The third-order valence-electron chi connectivity index (χ3n) is 9.30. The number of nitrogens with zero attached hydrogens (tertiary/aromatic N) is 4. The fourth-order valence-electron chi connectivity index (χ4n) is 7.42. The number of hydrogen-bond donors (Lipinski definition) is 1. The summed E-state index contributed by atoms with van der Waals surface area (Å²) in [6, 6.07) is 15.0. The zero-order valence-electron chi connectivity index (χ0n) is 22.4. The minimum atomic E-state index is -0.338. The van der Waals surface area contributed by atoms with Crippen molar-refractivity contribution in [2.75, 3.05) is 39.5 Å². The maximum atomic E-state index is 16.6. The molecular weight excluding hydrogens is 489 g/mol. The molecule has 2 unspecified atom stereocenters. The lowest BCUT2D eigenvalue weighted by Crippen LogP contribution is -2.66. The zero-order valence-corrected chi connectivity index (χ0v) is 22.4. The van der Waals surface area contributed by atoms with Crippen molar-refractivity contribution in [3.63, 3.8) is 0 Å². The summed E-state index contributed by atoms with van der Waals surface area (Å²) in [7, 11) is 0. The molecule has 2 bridgehead atoms. The lowest BCUT2D eigenvalue weighted by atomic mass is 9.89. The molecule has 2 atom stereocenters. The molecule has 1 aliphatic carbocycles. The highest BCUT2D eigenvalue weighted by Gasteiger charge is 2.44. The lowest BCUT2D eigenvalue weighted by molar-refractivity contribution is 0.0391. The molecule has 5 heterocycles. The molecule has 2 aromatic rings. The van der Waals surface area contributed by atoms with Crippen molar-refractivity contribution in [3.8, 4) is 0 Å². The number of halogens is 1. The third kappa shape index (κ3) is 4.37. The van der Waals surface area contributed by atoms with Crippen LogP contribution in [0, 0.1) is 0 Å². The maximum absolute atomic E-state index is 16.6. The highest BCUT2D eigenvalue weighted by molar-refractivity contribution is 6.20. The Bertz CT molecular complexity index is 1390. The van der Waals surface area contributed by atoms with Crippen LogP contribution < -0.4 is 5.32 Å². The average Bonchev–Trinajstić information content (AvgIpc) is 3.53. The van der Waals surface area contributed by atoms with Crippen molar-refractivity contribution >= 4 is 28.8 Å². The standard InChI is InChI=1S/C32H36FN5O/c1-34-31(37-18-23-17-24(19-37)36-23)28-12-11-27(26-10-4-8-22-7-2-3-9-25(22)26)29(33)30(28)35-21-39-20-32-13-5-15-38(32)16-6-14-32/h2-4,7-12,23-24,36H,1,5-6,13-21H2/b31-28+,35-30+. The monoisotopic (exact) mass is 525 g/mol. The first-order valence-corrected chi connectivity index (χ1v) is 14.3. The van der Waals surface area contributed by atoms with Gasteiger partial charge in [0.15, 0.2) is 5.83 Å². The quantitative estimate of drug-likeness (QED) is 0.404. The van der Waals surface area contributed by atoms with Crippen molar-refractivity contribution < 1.29 is 9.13 Å². The van der Waals surface area contributed by atoms with Crippen LogP contribution in [-0.4, -0.2) is 79.4 Å². The van der Waals surface area contributed by atoms with Gasteiger partial charge in [-0.15, -0.1) is 0 Å². The summed E-state index contributed by atoms with van der Waals surface area (Å²) in [5.41, 5.74) is 2.53.